The van der Waals surface area contributed by atoms with Crippen LogP contribution >= 0.6 is 0 Å². The summed E-state index contributed by atoms with van der Waals surface area (Å²) in [7, 11) is 8.06. The van der Waals surface area contributed by atoms with Crippen molar-refractivity contribution in [2.45, 2.75) is 13.0 Å². The molecule has 31 heavy (non-hydrogen) atoms. The lowest BCUT2D eigenvalue weighted by Gasteiger charge is -2.32. The molecule has 4 rings (SSSR count). The van der Waals surface area contributed by atoms with E-state index < -0.39 is 0 Å². The van der Waals surface area contributed by atoms with Crippen molar-refractivity contribution in [3.8, 4) is 28.7 Å². The Balaban J connectivity index is 1.83. The Hall–Kier alpha value is -3.62. The number of ether oxygens (including phenoxy) is 5. The van der Waals surface area contributed by atoms with Crippen molar-refractivity contribution in [2.75, 3.05) is 52.7 Å². The Morgan fingerprint density at radius 1 is 0.806 bits per heavy atom. The lowest BCUT2D eigenvalue weighted by molar-refractivity contribution is 0.320. The minimum atomic E-state index is 0.199. The van der Waals surface area contributed by atoms with Gasteiger partial charge in [0.25, 0.3) is 0 Å². The van der Waals surface area contributed by atoms with Crippen molar-refractivity contribution in [3.05, 3.63) is 29.3 Å². The number of hydrogen-bond acceptors (Lipinski definition) is 9. The average molecular weight is 426 g/mol. The lowest BCUT2D eigenvalue weighted by atomic mass is 9.97. The van der Waals surface area contributed by atoms with Gasteiger partial charge in [0.1, 0.15) is 5.82 Å². The quantitative estimate of drug-likeness (QED) is 0.637. The fraction of sp³-hybridized carbons (Fsp3) is 0.364. The summed E-state index contributed by atoms with van der Waals surface area (Å²) in [6.45, 7) is 1.32. The molecule has 164 valence electrons. The first-order valence-electron chi connectivity index (χ1n) is 9.79. The Morgan fingerprint density at radius 3 is 2.13 bits per heavy atom. The molecule has 2 aromatic carbocycles. The molecule has 0 bridgehead atoms. The molecule has 3 aromatic rings. The number of fused-ring (bicyclic) bond motifs is 2. The molecular weight excluding hydrogens is 400 g/mol. The van der Waals surface area contributed by atoms with Gasteiger partial charge in [-0.15, -0.1) is 0 Å². The Labute approximate surface area is 180 Å². The number of aromatic nitrogens is 2. The third-order valence-corrected chi connectivity index (χ3v) is 5.52. The SMILES string of the molecule is COc1cc2nc(N)nc(N3CCc4c(cc(OC)c(OC)c4OC)C3)c2cc1OC. The maximum absolute atomic E-state index is 6.04. The van der Waals surface area contributed by atoms with Gasteiger partial charge in [0.15, 0.2) is 23.0 Å². The minimum absolute atomic E-state index is 0.199. The molecule has 9 nitrogen and oxygen atoms in total. The largest absolute Gasteiger partial charge is 0.493 e. The zero-order valence-corrected chi connectivity index (χ0v) is 18.3. The summed E-state index contributed by atoms with van der Waals surface area (Å²) in [4.78, 5) is 11.1. The lowest BCUT2D eigenvalue weighted by Crippen LogP contribution is -2.32. The Kier molecular flexibility index (Phi) is 5.50. The minimum Gasteiger partial charge on any atom is -0.493 e. The van der Waals surface area contributed by atoms with E-state index in [4.69, 9.17) is 29.4 Å². The fourth-order valence-electron chi connectivity index (χ4n) is 4.09. The highest BCUT2D eigenvalue weighted by Crippen LogP contribution is 2.45. The van der Waals surface area contributed by atoms with Gasteiger partial charge in [-0.1, -0.05) is 0 Å². The van der Waals surface area contributed by atoms with Crippen molar-refractivity contribution < 1.29 is 23.7 Å². The van der Waals surface area contributed by atoms with Crippen LogP contribution in [0.1, 0.15) is 11.1 Å². The van der Waals surface area contributed by atoms with Gasteiger partial charge in [-0.2, -0.15) is 4.98 Å². The predicted molar refractivity (Wildman–Crippen MR) is 118 cm³/mol. The van der Waals surface area contributed by atoms with E-state index in [1.165, 1.54) is 0 Å². The van der Waals surface area contributed by atoms with Crippen molar-refractivity contribution >= 4 is 22.7 Å². The monoisotopic (exact) mass is 426 g/mol. The molecule has 1 aliphatic heterocycles. The molecule has 1 aromatic heterocycles. The van der Waals surface area contributed by atoms with E-state index in [-0.39, 0.29) is 5.95 Å². The maximum Gasteiger partial charge on any atom is 0.222 e. The number of nitrogen functional groups attached to an aromatic ring is 1. The van der Waals surface area contributed by atoms with Crippen molar-refractivity contribution in [1.29, 1.82) is 0 Å². The molecule has 0 fully saturated rings. The first-order valence-corrected chi connectivity index (χ1v) is 9.79. The van der Waals surface area contributed by atoms with Gasteiger partial charge < -0.3 is 34.3 Å². The van der Waals surface area contributed by atoms with Crippen LogP contribution in [-0.2, 0) is 13.0 Å². The number of benzene rings is 2. The van der Waals surface area contributed by atoms with Gasteiger partial charge in [-0.3, -0.25) is 0 Å². The molecule has 0 unspecified atom stereocenters. The fourth-order valence-corrected chi connectivity index (χ4v) is 4.09. The highest BCUT2D eigenvalue weighted by Gasteiger charge is 2.27. The van der Waals surface area contributed by atoms with Crippen LogP contribution in [0.3, 0.4) is 0 Å². The molecule has 0 spiro atoms. The van der Waals surface area contributed by atoms with E-state index >= 15 is 0 Å². The van der Waals surface area contributed by atoms with E-state index in [0.717, 1.165) is 35.3 Å². The molecule has 0 atom stereocenters. The van der Waals surface area contributed by atoms with Gasteiger partial charge in [-0.05, 0) is 24.1 Å². The van der Waals surface area contributed by atoms with Gasteiger partial charge in [0.05, 0.1) is 41.1 Å². The molecule has 2 heterocycles. The third kappa shape index (κ3) is 3.45. The highest BCUT2D eigenvalue weighted by atomic mass is 16.5. The van der Waals surface area contributed by atoms with Crippen molar-refractivity contribution in [2.24, 2.45) is 0 Å². The van der Waals surface area contributed by atoms with Crippen LogP contribution < -0.4 is 34.3 Å². The van der Waals surface area contributed by atoms with Gasteiger partial charge in [0, 0.05) is 30.1 Å². The number of anilines is 2. The Morgan fingerprint density at radius 2 is 1.48 bits per heavy atom. The van der Waals surface area contributed by atoms with Crippen LogP contribution in [0.5, 0.6) is 28.7 Å². The number of nitrogens with two attached hydrogens (primary N) is 1. The molecule has 1 aliphatic rings. The molecule has 2 N–H and O–H groups in total. The summed E-state index contributed by atoms with van der Waals surface area (Å²) in [5.74, 6) is 4.06. The van der Waals surface area contributed by atoms with E-state index in [2.05, 4.69) is 14.9 Å². The molecule has 0 saturated carbocycles. The van der Waals surface area contributed by atoms with Crippen LogP contribution in [0.15, 0.2) is 18.2 Å². The predicted octanol–water partition coefficient (Wildman–Crippen LogP) is 2.82. The standard InChI is InChI=1S/C22H26N4O5/c1-27-16-9-14-15(10-17(16)28-2)24-22(23)25-21(14)26-7-6-13-12(11-26)8-18(29-3)20(31-5)19(13)30-4/h8-10H,6-7,11H2,1-5H3,(H2,23,24,25). The second kappa shape index (κ2) is 8.25. The summed E-state index contributed by atoms with van der Waals surface area (Å²) in [6.07, 6.45) is 0.748. The van der Waals surface area contributed by atoms with Crippen LogP contribution in [0.2, 0.25) is 0 Å². The Bertz CT molecular complexity index is 1140. The molecule has 0 radical (unpaired) electrons. The van der Waals surface area contributed by atoms with Gasteiger partial charge in [-0.25, -0.2) is 4.98 Å². The van der Waals surface area contributed by atoms with Gasteiger partial charge in [0.2, 0.25) is 11.7 Å². The van der Waals surface area contributed by atoms with Crippen LogP contribution in [0.4, 0.5) is 11.8 Å². The number of rotatable bonds is 6. The number of methoxy groups -OCH3 is 5. The summed E-state index contributed by atoms with van der Waals surface area (Å²) in [5, 5.41) is 0.836. The maximum atomic E-state index is 6.04. The highest BCUT2D eigenvalue weighted by molar-refractivity contribution is 5.93. The first-order chi connectivity index (χ1) is 15.0. The van der Waals surface area contributed by atoms with E-state index in [1.54, 1.807) is 35.5 Å². The van der Waals surface area contributed by atoms with Crippen molar-refractivity contribution in [1.82, 2.24) is 9.97 Å². The second-order valence-corrected chi connectivity index (χ2v) is 7.08. The van der Waals surface area contributed by atoms with Crippen LogP contribution in [0.25, 0.3) is 10.9 Å². The number of nitrogens with zero attached hydrogens (tertiary/aromatic N) is 3. The normalized spacial score (nSPS) is 13.0. The van der Waals surface area contributed by atoms with Crippen LogP contribution in [-0.4, -0.2) is 52.1 Å². The molecule has 9 heteroatoms. The average Bonchev–Trinajstić information content (AvgIpc) is 2.80. The number of hydrogen-bond donors (Lipinski definition) is 1. The third-order valence-electron chi connectivity index (χ3n) is 5.52. The molecule has 0 amide bonds. The smallest absolute Gasteiger partial charge is 0.222 e. The van der Waals surface area contributed by atoms with Crippen LogP contribution in [0, 0.1) is 0 Å². The first kappa shape index (κ1) is 20.6. The summed E-state index contributed by atoms with van der Waals surface area (Å²) < 4.78 is 27.6. The summed E-state index contributed by atoms with van der Waals surface area (Å²) in [6, 6.07) is 5.68. The van der Waals surface area contributed by atoms with Crippen molar-refractivity contribution in [3.63, 3.8) is 0 Å². The second-order valence-electron chi connectivity index (χ2n) is 7.08. The molecule has 0 aliphatic carbocycles. The van der Waals surface area contributed by atoms with Gasteiger partial charge >= 0.3 is 0 Å². The molecule has 0 saturated heterocycles. The topological polar surface area (TPSA) is 101 Å². The van der Waals surface area contributed by atoms with E-state index in [9.17, 15) is 0 Å². The van der Waals surface area contributed by atoms with E-state index in [0.29, 0.717) is 40.8 Å². The summed E-state index contributed by atoms with van der Waals surface area (Å²) >= 11 is 0. The van der Waals surface area contributed by atoms with E-state index in [1.807, 2.05) is 18.2 Å². The summed E-state index contributed by atoms with van der Waals surface area (Å²) in [5.41, 5.74) is 8.90. The molecular formula is C22H26N4O5. The zero-order chi connectivity index (χ0) is 22.1. The zero-order valence-electron chi connectivity index (χ0n) is 18.3.